The highest BCUT2D eigenvalue weighted by Crippen LogP contribution is 2.17. The summed E-state index contributed by atoms with van der Waals surface area (Å²) < 4.78 is 11.0. The summed E-state index contributed by atoms with van der Waals surface area (Å²) in [6.45, 7) is 0.467. The van der Waals surface area contributed by atoms with Crippen molar-refractivity contribution in [2.24, 2.45) is 10.2 Å². The van der Waals surface area contributed by atoms with Crippen LogP contribution >= 0.6 is 11.8 Å². The summed E-state index contributed by atoms with van der Waals surface area (Å²) in [5.41, 5.74) is 1.93. The fourth-order valence-electron chi connectivity index (χ4n) is 2.11. The zero-order valence-electron chi connectivity index (χ0n) is 13.6. The van der Waals surface area contributed by atoms with Crippen LogP contribution < -0.4 is 14.8 Å². The first kappa shape index (κ1) is 17.0. The Labute approximate surface area is 149 Å². The van der Waals surface area contributed by atoms with E-state index in [-0.39, 0.29) is 5.91 Å². The predicted octanol–water partition coefficient (Wildman–Crippen LogP) is 2.83. The van der Waals surface area contributed by atoms with E-state index in [0.717, 1.165) is 22.6 Å². The second-order valence-electron chi connectivity index (χ2n) is 5.20. The summed E-state index contributed by atoms with van der Waals surface area (Å²) >= 11 is 1.34. The van der Waals surface area contributed by atoms with E-state index in [9.17, 15) is 4.79 Å². The Bertz CT molecular complexity index is 803. The molecule has 2 aromatic rings. The molecular weight excluding hydrogens is 338 g/mol. The normalized spacial score (nSPS) is 15.6. The van der Waals surface area contributed by atoms with Crippen LogP contribution in [0.5, 0.6) is 11.5 Å². The number of thioether (sulfide) groups is 1. The molecule has 1 saturated heterocycles. The van der Waals surface area contributed by atoms with Gasteiger partial charge in [0.15, 0.2) is 5.17 Å². The SMILES string of the molecule is COc1cccc(COc2ccc(C=NN=C3NC(=O)CS3)cc2)c1. The monoisotopic (exact) mass is 355 g/mol. The molecule has 25 heavy (non-hydrogen) atoms. The fourth-order valence-corrected chi connectivity index (χ4v) is 2.74. The topological polar surface area (TPSA) is 72.3 Å². The van der Waals surface area contributed by atoms with Crippen LogP contribution in [0.15, 0.2) is 58.7 Å². The van der Waals surface area contributed by atoms with E-state index in [1.165, 1.54) is 11.8 Å². The number of nitrogens with one attached hydrogen (secondary N) is 1. The van der Waals surface area contributed by atoms with Crippen molar-refractivity contribution in [2.75, 3.05) is 12.9 Å². The largest absolute Gasteiger partial charge is 0.497 e. The molecule has 0 saturated carbocycles. The third-order valence-electron chi connectivity index (χ3n) is 3.36. The number of carbonyl (C=O) groups excluding carboxylic acids is 1. The van der Waals surface area contributed by atoms with E-state index in [2.05, 4.69) is 15.5 Å². The van der Waals surface area contributed by atoms with Gasteiger partial charge in [0.25, 0.3) is 0 Å². The van der Waals surface area contributed by atoms with Crippen LogP contribution in [0.1, 0.15) is 11.1 Å². The Hall–Kier alpha value is -2.80. The lowest BCUT2D eigenvalue weighted by molar-refractivity contribution is -0.116. The van der Waals surface area contributed by atoms with Gasteiger partial charge in [-0.25, -0.2) is 0 Å². The van der Waals surface area contributed by atoms with Gasteiger partial charge in [0, 0.05) is 0 Å². The quantitative estimate of drug-likeness (QED) is 0.639. The van der Waals surface area contributed by atoms with E-state index in [1.54, 1.807) is 13.3 Å². The average molecular weight is 355 g/mol. The van der Waals surface area contributed by atoms with E-state index in [0.29, 0.717) is 17.5 Å². The second-order valence-corrected chi connectivity index (χ2v) is 6.16. The summed E-state index contributed by atoms with van der Waals surface area (Å²) in [5, 5.41) is 11.1. The molecule has 1 heterocycles. The van der Waals surface area contributed by atoms with Crippen molar-refractivity contribution in [3.63, 3.8) is 0 Å². The van der Waals surface area contributed by atoms with Gasteiger partial charge in [-0.05, 0) is 47.5 Å². The molecule has 7 heteroatoms. The van der Waals surface area contributed by atoms with E-state index < -0.39 is 0 Å². The van der Waals surface area contributed by atoms with E-state index in [4.69, 9.17) is 9.47 Å². The van der Waals surface area contributed by atoms with Gasteiger partial charge >= 0.3 is 0 Å². The third-order valence-corrected chi connectivity index (χ3v) is 4.23. The lowest BCUT2D eigenvalue weighted by Gasteiger charge is -2.07. The molecule has 0 radical (unpaired) electrons. The van der Waals surface area contributed by atoms with Gasteiger partial charge in [0.1, 0.15) is 18.1 Å². The third kappa shape index (κ3) is 5.09. The van der Waals surface area contributed by atoms with E-state index >= 15 is 0 Å². The molecule has 1 N–H and O–H groups in total. The first-order valence-corrected chi connectivity index (χ1v) is 8.61. The van der Waals surface area contributed by atoms with Crippen molar-refractivity contribution in [3.8, 4) is 11.5 Å². The zero-order valence-corrected chi connectivity index (χ0v) is 14.5. The molecule has 0 aliphatic carbocycles. The van der Waals surface area contributed by atoms with Crippen LogP contribution in [0.25, 0.3) is 0 Å². The van der Waals surface area contributed by atoms with Crippen LogP contribution in [0.2, 0.25) is 0 Å². The number of ether oxygens (including phenoxy) is 2. The van der Waals surface area contributed by atoms with Gasteiger partial charge in [-0.15, -0.1) is 5.10 Å². The molecule has 1 fully saturated rings. The summed E-state index contributed by atoms with van der Waals surface area (Å²) in [6.07, 6.45) is 1.63. The molecule has 0 aromatic heterocycles. The number of hydrogen-bond acceptors (Lipinski definition) is 6. The Morgan fingerprint density at radius 1 is 1.20 bits per heavy atom. The summed E-state index contributed by atoms with van der Waals surface area (Å²) in [6, 6.07) is 15.3. The number of methoxy groups -OCH3 is 1. The van der Waals surface area contributed by atoms with Crippen LogP contribution in [0, 0.1) is 0 Å². The van der Waals surface area contributed by atoms with Crippen molar-refractivity contribution >= 4 is 29.1 Å². The molecule has 0 unspecified atom stereocenters. The Kier molecular flexibility index (Phi) is 5.69. The molecule has 0 atom stereocenters. The Morgan fingerprint density at radius 2 is 2.04 bits per heavy atom. The number of benzene rings is 2. The van der Waals surface area contributed by atoms with Gasteiger partial charge in [-0.1, -0.05) is 23.9 Å². The standard InChI is InChI=1S/C18H17N3O3S/c1-23-16-4-2-3-14(9-16)11-24-15-7-5-13(6-8-15)10-19-21-18-20-17(22)12-25-18/h2-10H,11-12H2,1H3,(H,20,21,22). The summed E-state index contributed by atoms with van der Waals surface area (Å²) in [4.78, 5) is 11.0. The number of amides is 1. The lowest BCUT2D eigenvalue weighted by atomic mass is 10.2. The number of nitrogens with zero attached hydrogens (tertiary/aromatic N) is 2. The van der Waals surface area contributed by atoms with Gasteiger partial charge < -0.3 is 14.8 Å². The Morgan fingerprint density at radius 3 is 2.76 bits per heavy atom. The zero-order chi connectivity index (χ0) is 17.5. The first-order valence-electron chi connectivity index (χ1n) is 7.62. The summed E-state index contributed by atoms with van der Waals surface area (Å²) in [7, 11) is 1.64. The maximum atomic E-state index is 11.0. The maximum absolute atomic E-state index is 11.0. The highest BCUT2D eigenvalue weighted by Gasteiger charge is 2.15. The van der Waals surface area contributed by atoms with Crippen LogP contribution in [-0.4, -0.2) is 30.2 Å². The fraction of sp³-hybridized carbons (Fsp3) is 0.167. The molecular formula is C18H17N3O3S. The van der Waals surface area contributed by atoms with E-state index in [1.807, 2.05) is 48.5 Å². The highest BCUT2D eigenvalue weighted by atomic mass is 32.2. The molecule has 1 amide bonds. The van der Waals surface area contributed by atoms with Gasteiger partial charge in [0.05, 0.1) is 19.1 Å². The van der Waals surface area contributed by atoms with Gasteiger partial charge in [-0.3, -0.25) is 4.79 Å². The minimum atomic E-state index is -0.0449. The molecule has 1 aliphatic rings. The van der Waals surface area contributed by atoms with Crippen molar-refractivity contribution in [1.82, 2.24) is 5.32 Å². The van der Waals surface area contributed by atoms with Crippen LogP contribution in [-0.2, 0) is 11.4 Å². The number of hydrogen-bond donors (Lipinski definition) is 1. The Balaban J connectivity index is 1.54. The molecule has 0 spiro atoms. The number of rotatable bonds is 6. The second kappa shape index (κ2) is 8.34. The predicted molar refractivity (Wildman–Crippen MR) is 99.4 cm³/mol. The van der Waals surface area contributed by atoms with Crippen LogP contribution in [0.4, 0.5) is 0 Å². The summed E-state index contributed by atoms with van der Waals surface area (Å²) in [5.74, 6) is 1.93. The number of carbonyl (C=O) groups is 1. The minimum absolute atomic E-state index is 0.0449. The van der Waals surface area contributed by atoms with Crippen LogP contribution in [0.3, 0.4) is 0 Å². The highest BCUT2D eigenvalue weighted by molar-refractivity contribution is 8.15. The molecule has 1 aliphatic heterocycles. The maximum Gasteiger partial charge on any atom is 0.236 e. The van der Waals surface area contributed by atoms with Crippen molar-refractivity contribution in [2.45, 2.75) is 6.61 Å². The van der Waals surface area contributed by atoms with Crippen molar-refractivity contribution in [1.29, 1.82) is 0 Å². The van der Waals surface area contributed by atoms with Crippen molar-refractivity contribution < 1.29 is 14.3 Å². The molecule has 6 nitrogen and oxygen atoms in total. The van der Waals surface area contributed by atoms with Gasteiger partial charge in [-0.2, -0.15) is 5.10 Å². The smallest absolute Gasteiger partial charge is 0.236 e. The number of amidine groups is 1. The van der Waals surface area contributed by atoms with Crippen molar-refractivity contribution in [3.05, 3.63) is 59.7 Å². The molecule has 3 rings (SSSR count). The van der Waals surface area contributed by atoms with Gasteiger partial charge in [0.2, 0.25) is 5.91 Å². The average Bonchev–Trinajstić information content (AvgIpc) is 3.06. The molecule has 2 aromatic carbocycles. The minimum Gasteiger partial charge on any atom is -0.497 e. The lowest BCUT2D eigenvalue weighted by Crippen LogP contribution is -2.19. The molecule has 128 valence electrons. The molecule has 0 bridgehead atoms. The first-order chi connectivity index (χ1) is 12.2.